The van der Waals surface area contributed by atoms with Gasteiger partial charge in [0.25, 0.3) is 0 Å². The smallest absolute Gasteiger partial charge is 0.248 e. The van der Waals surface area contributed by atoms with Crippen molar-refractivity contribution in [2.24, 2.45) is 5.92 Å². The number of nitrogens with one attached hydrogen (secondary N) is 1. The van der Waals surface area contributed by atoms with Crippen LogP contribution in [0.15, 0.2) is 0 Å². The highest BCUT2D eigenvalue weighted by atomic mass is 16.5. The van der Waals surface area contributed by atoms with Crippen molar-refractivity contribution in [3.05, 3.63) is 0 Å². The Balaban J connectivity index is 2.13. The van der Waals surface area contributed by atoms with Crippen molar-refractivity contribution in [1.82, 2.24) is 10.2 Å². The number of hydrogen-bond acceptors (Lipinski definition) is 3. The SMILES string of the molecule is CCN1C(=O)COC[C@H]2CNCC[C@@H]21. The van der Waals surface area contributed by atoms with Crippen molar-refractivity contribution < 1.29 is 9.53 Å². The van der Waals surface area contributed by atoms with Gasteiger partial charge in [0.2, 0.25) is 5.91 Å². The van der Waals surface area contributed by atoms with E-state index in [1.807, 2.05) is 11.8 Å². The van der Waals surface area contributed by atoms with E-state index in [2.05, 4.69) is 5.32 Å². The molecule has 2 aliphatic rings. The molecule has 1 N–H and O–H groups in total. The molecule has 2 saturated heterocycles. The van der Waals surface area contributed by atoms with Crippen molar-refractivity contribution in [3.63, 3.8) is 0 Å². The Labute approximate surface area is 84.6 Å². The van der Waals surface area contributed by atoms with Gasteiger partial charge in [-0.15, -0.1) is 0 Å². The summed E-state index contributed by atoms with van der Waals surface area (Å²) < 4.78 is 5.38. The minimum absolute atomic E-state index is 0.155. The summed E-state index contributed by atoms with van der Waals surface area (Å²) in [5.74, 6) is 0.636. The third-order valence-electron chi connectivity index (χ3n) is 3.19. The summed E-state index contributed by atoms with van der Waals surface area (Å²) in [6.07, 6.45) is 1.06. The van der Waals surface area contributed by atoms with Gasteiger partial charge in [-0.25, -0.2) is 0 Å². The summed E-state index contributed by atoms with van der Waals surface area (Å²) in [5.41, 5.74) is 0. The first kappa shape index (κ1) is 9.93. The molecule has 4 nitrogen and oxygen atoms in total. The summed E-state index contributed by atoms with van der Waals surface area (Å²) in [4.78, 5) is 13.7. The standard InChI is InChI=1S/C10H18N2O2/c1-2-12-9-3-4-11-5-8(9)6-14-7-10(12)13/h8-9,11H,2-7H2,1H3/t8-,9+/m1/s1. The predicted octanol–water partition coefficient (Wildman–Crippen LogP) is -0.157. The fraction of sp³-hybridized carbons (Fsp3) is 0.900. The van der Waals surface area contributed by atoms with Gasteiger partial charge in [0.05, 0.1) is 6.61 Å². The molecule has 0 unspecified atom stereocenters. The second-order valence-corrected chi connectivity index (χ2v) is 4.02. The molecule has 0 aromatic rings. The van der Waals surface area contributed by atoms with Gasteiger partial charge < -0.3 is 15.0 Å². The number of amides is 1. The minimum atomic E-state index is 0.155. The van der Waals surface area contributed by atoms with E-state index in [-0.39, 0.29) is 12.5 Å². The van der Waals surface area contributed by atoms with Crippen LogP contribution < -0.4 is 5.32 Å². The van der Waals surface area contributed by atoms with Crippen molar-refractivity contribution in [1.29, 1.82) is 0 Å². The van der Waals surface area contributed by atoms with Crippen LogP contribution in [-0.2, 0) is 9.53 Å². The second-order valence-electron chi connectivity index (χ2n) is 4.02. The zero-order chi connectivity index (χ0) is 9.97. The Kier molecular flexibility index (Phi) is 3.03. The lowest BCUT2D eigenvalue weighted by Gasteiger charge is -2.37. The van der Waals surface area contributed by atoms with Gasteiger partial charge in [-0.1, -0.05) is 0 Å². The van der Waals surface area contributed by atoms with E-state index in [1.54, 1.807) is 0 Å². The first-order valence-electron chi connectivity index (χ1n) is 5.41. The van der Waals surface area contributed by atoms with Crippen LogP contribution in [-0.4, -0.2) is 49.7 Å². The molecule has 2 rings (SSSR count). The molecule has 14 heavy (non-hydrogen) atoms. The lowest BCUT2D eigenvalue weighted by atomic mass is 9.93. The average Bonchev–Trinajstić information content (AvgIpc) is 2.36. The molecule has 1 amide bonds. The van der Waals surface area contributed by atoms with Crippen molar-refractivity contribution in [2.75, 3.05) is 32.8 Å². The normalized spacial score (nSPS) is 33.8. The third-order valence-corrected chi connectivity index (χ3v) is 3.19. The lowest BCUT2D eigenvalue weighted by molar-refractivity contribution is -0.135. The van der Waals surface area contributed by atoms with Crippen molar-refractivity contribution in [2.45, 2.75) is 19.4 Å². The van der Waals surface area contributed by atoms with E-state index >= 15 is 0 Å². The first-order chi connectivity index (χ1) is 6.83. The molecule has 0 aromatic carbocycles. The Hall–Kier alpha value is -0.610. The zero-order valence-corrected chi connectivity index (χ0v) is 8.66. The van der Waals surface area contributed by atoms with Gasteiger partial charge in [0.15, 0.2) is 0 Å². The number of piperidine rings is 1. The molecule has 0 aliphatic carbocycles. The van der Waals surface area contributed by atoms with Gasteiger partial charge in [-0.2, -0.15) is 0 Å². The molecule has 0 radical (unpaired) electrons. The number of carbonyl (C=O) groups excluding carboxylic acids is 1. The molecule has 0 saturated carbocycles. The highest BCUT2D eigenvalue weighted by Gasteiger charge is 2.34. The molecule has 2 fully saturated rings. The Morgan fingerprint density at radius 3 is 3.29 bits per heavy atom. The summed E-state index contributed by atoms with van der Waals surface area (Å²) >= 11 is 0. The topological polar surface area (TPSA) is 41.6 Å². The van der Waals surface area contributed by atoms with Gasteiger partial charge in [0, 0.05) is 25.0 Å². The lowest BCUT2D eigenvalue weighted by Crippen LogP contribution is -2.51. The largest absolute Gasteiger partial charge is 0.371 e. The highest BCUT2D eigenvalue weighted by molar-refractivity contribution is 5.78. The number of likely N-dealkylation sites (N-methyl/N-ethyl adjacent to an activating group) is 1. The molecule has 2 aliphatic heterocycles. The van der Waals surface area contributed by atoms with Crippen molar-refractivity contribution >= 4 is 5.91 Å². The Morgan fingerprint density at radius 1 is 1.64 bits per heavy atom. The third kappa shape index (κ3) is 1.77. The number of nitrogens with zero attached hydrogens (tertiary/aromatic N) is 1. The van der Waals surface area contributed by atoms with Crippen LogP contribution in [0.4, 0.5) is 0 Å². The monoisotopic (exact) mass is 198 g/mol. The molecule has 0 bridgehead atoms. The van der Waals surface area contributed by atoms with E-state index in [9.17, 15) is 4.79 Å². The second kappa shape index (κ2) is 4.28. The average molecular weight is 198 g/mol. The van der Waals surface area contributed by atoms with Gasteiger partial charge in [-0.3, -0.25) is 4.79 Å². The fourth-order valence-corrected chi connectivity index (χ4v) is 2.47. The Morgan fingerprint density at radius 2 is 2.50 bits per heavy atom. The molecule has 2 atom stereocenters. The van der Waals surface area contributed by atoms with Crippen LogP contribution in [0.5, 0.6) is 0 Å². The van der Waals surface area contributed by atoms with Crippen molar-refractivity contribution in [3.8, 4) is 0 Å². The van der Waals surface area contributed by atoms with Crippen LogP contribution in [0.2, 0.25) is 0 Å². The molecular formula is C10H18N2O2. The molecular weight excluding hydrogens is 180 g/mol. The number of rotatable bonds is 1. The van der Waals surface area contributed by atoms with E-state index in [0.717, 1.165) is 32.7 Å². The van der Waals surface area contributed by atoms with Gasteiger partial charge >= 0.3 is 0 Å². The molecule has 4 heteroatoms. The quantitative estimate of drug-likeness (QED) is 0.637. The van der Waals surface area contributed by atoms with E-state index in [1.165, 1.54) is 0 Å². The number of fused-ring (bicyclic) bond motifs is 1. The van der Waals surface area contributed by atoms with Gasteiger partial charge in [0.1, 0.15) is 6.61 Å². The van der Waals surface area contributed by atoms with E-state index in [0.29, 0.717) is 12.0 Å². The summed E-state index contributed by atoms with van der Waals surface area (Å²) in [6, 6.07) is 0.399. The van der Waals surface area contributed by atoms with Gasteiger partial charge in [-0.05, 0) is 19.9 Å². The van der Waals surface area contributed by atoms with Crippen LogP contribution >= 0.6 is 0 Å². The van der Waals surface area contributed by atoms with E-state index in [4.69, 9.17) is 4.74 Å². The number of hydrogen-bond donors (Lipinski definition) is 1. The number of ether oxygens (including phenoxy) is 1. The molecule has 0 spiro atoms. The van der Waals surface area contributed by atoms with Crippen LogP contribution in [0.25, 0.3) is 0 Å². The summed E-state index contributed by atoms with van der Waals surface area (Å²) in [7, 11) is 0. The van der Waals surface area contributed by atoms with Crippen LogP contribution in [0.3, 0.4) is 0 Å². The van der Waals surface area contributed by atoms with Crippen LogP contribution in [0, 0.1) is 5.92 Å². The maximum absolute atomic E-state index is 11.7. The maximum Gasteiger partial charge on any atom is 0.248 e. The Bertz CT molecular complexity index is 220. The predicted molar refractivity (Wildman–Crippen MR) is 53.0 cm³/mol. The first-order valence-corrected chi connectivity index (χ1v) is 5.41. The molecule has 2 heterocycles. The van der Waals surface area contributed by atoms with E-state index < -0.39 is 0 Å². The summed E-state index contributed by atoms with van der Waals surface area (Å²) in [6.45, 7) is 5.84. The number of carbonyl (C=O) groups is 1. The minimum Gasteiger partial charge on any atom is -0.371 e. The fourth-order valence-electron chi connectivity index (χ4n) is 2.47. The summed E-state index contributed by atoms with van der Waals surface area (Å²) in [5, 5.41) is 3.35. The molecule has 80 valence electrons. The highest BCUT2D eigenvalue weighted by Crippen LogP contribution is 2.21. The van der Waals surface area contributed by atoms with Crippen LogP contribution in [0.1, 0.15) is 13.3 Å². The zero-order valence-electron chi connectivity index (χ0n) is 8.66. The maximum atomic E-state index is 11.7. The molecule has 0 aromatic heterocycles.